The third kappa shape index (κ3) is 2.53. The molecule has 1 aliphatic rings. The fraction of sp³-hybridized carbons (Fsp3) is 0.538. The number of aryl methyl sites for hydroxylation is 1. The normalized spacial score (nSPS) is 19.5. The van der Waals surface area contributed by atoms with E-state index < -0.39 is 10.0 Å². The maximum Gasteiger partial charge on any atom is 0.240 e. The van der Waals surface area contributed by atoms with Gasteiger partial charge in [-0.1, -0.05) is 32.9 Å². The van der Waals surface area contributed by atoms with E-state index in [4.69, 9.17) is 0 Å². The molecule has 0 aliphatic carbocycles. The number of benzene rings is 1. The summed E-state index contributed by atoms with van der Waals surface area (Å²) in [6.45, 7) is 6.94. The SMILES string of the molecule is CC(C)(C)c1ccc2c(c1)CCCNS2(=O)=O. The first-order valence-electron chi connectivity index (χ1n) is 5.94. The van der Waals surface area contributed by atoms with E-state index in [0.717, 1.165) is 18.4 Å². The first kappa shape index (κ1) is 12.6. The molecule has 0 atom stereocenters. The highest BCUT2D eigenvalue weighted by molar-refractivity contribution is 7.89. The van der Waals surface area contributed by atoms with Crippen molar-refractivity contribution in [2.45, 2.75) is 43.9 Å². The van der Waals surface area contributed by atoms with Gasteiger partial charge < -0.3 is 0 Å². The maximum atomic E-state index is 11.9. The van der Waals surface area contributed by atoms with Crippen molar-refractivity contribution >= 4 is 10.0 Å². The van der Waals surface area contributed by atoms with Crippen LogP contribution in [0.4, 0.5) is 0 Å². The smallest absolute Gasteiger partial charge is 0.211 e. The summed E-state index contributed by atoms with van der Waals surface area (Å²) in [6, 6.07) is 5.70. The van der Waals surface area contributed by atoms with Crippen LogP contribution in [0.25, 0.3) is 0 Å². The highest BCUT2D eigenvalue weighted by Gasteiger charge is 2.23. The van der Waals surface area contributed by atoms with Gasteiger partial charge in [-0.3, -0.25) is 0 Å². The molecule has 1 heterocycles. The van der Waals surface area contributed by atoms with E-state index in [1.807, 2.05) is 12.1 Å². The quantitative estimate of drug-likeness (QED) is 0.770. The highest BCUT2D eigenvalue weighted by atomic mass is 32.2. The number of rotatable bonds is 0. The Kier molecular flexibility index (Phi) is 3.04. The molecule has 1 aliphatic heterocycles. The second-order valence-electron chi connectivity index (χ2n) is 5.57. The zero-order valence-corrected chi connectivity index (χ0v) is 11.4. The van der Waals surface area contributed by atoms with Crippen molar-refractivity contribution in [3.63, 3.8) is 0 Å². The van der Waals surface area contributed by atoms with E-state index in [-0.39, 0.29) is 5.41 Å². The van der Waals surface area contributed by atoms with Gasteiger partial charge in [0.2, 0.25) is 10.0 Å². The summed E-state index contributed by atoms with van der Waals surface area (Å²) in [5, 5.41) is 0. The van der Waals surface area contributed by atoms with Crippen LogP contribution < -0.4 is 4.72 Å². The van der Waals surface area contributed by atoms with Crippen molar-refractivity contribution in [3.05, 3.63) is 29.3 Å². The summed E-state index contributed by atoms with van der Waals surface area (Å²) in [5.41, 5.74) is 2.19. The first-order valence-corrected chi connectivity index (χ1v) is 7.42. The van der Waals surface area contributed by atoms with Crippen molar-refractivity contribution in [2.24, 2.45) is 0 Å². The lowest BCUT2D eigenvalue weighted by molar-refractivity contribution is 0.580. The lowest BCUT2D eigenvalue weighted by Crippen LogP contribution is -2.23. The minimum absolute atomic E-state index is 0.0541. The zero-order chi connectivity index (χ0) is 12.7. The molecule has 2 rings (SSSR count). The second kappa shape index (κ2) is 4.10. The molecule has 0 fully saturated rings. The molecule has 0 unspecified atom stereocenters. The summed E-state index contributed by atoms with van der Waals surface area (Å²) in [5.74, 6) is 0. The predicted molar refractivity (Wildman–Crippen MR) is 68.7 cm³/mol. The van der Waals surface area contributed by atoms with Crippen LogP contribution in [0, 0.1) is 0 Å². The molecule has 0 spiro atoms. The lowest BCUT2D eigenvalue weighted by atomic mass is 9.86. The topological polar surface area (TPSA) is 46.2 Å². The average molecular weight is 253 g/mol. The summed E-state index contributed by atoms with van der Waals surface area (Å²) < 4.78 is 26.5. The third-order valence-corrected chi connectivity index (χ3v) is 4.69. The third-order valence-electron chi connectivity index (χ3n) is 3.13. The molecule has 1 aromatic carbocycles. The summed E-state index contributed by atoms with van der Waals surface area (Å²) >= 11 is 0. The molecule has 17 heavy (non-hydrogen) atoms. The Morgan fingerprint density at radius 1 is 1.24 bits per heavy atom. The number of nitrogens with one attached hydrogen (secondary N) is 1. The largest absolute Gasteiger partial charge is 0.240 e. The molecular weight excluding hydrogens is 234 g/mol. The molecule has 3 nitrogen and oxygen atoms in total. The fourth-order valence-corrected chi connectivity index (χ4v) is 3.39. The Hall–Kier alpha value is -0.870. The number of sulfonamides is 1. The number of hydrogen-bond acceptors (Lipinski definition) is 2. The zero-order valence-electron chi connectivity index (χ0n) is 10.6. The monoisotopic (exact) mass is 253 g/mol. The molecule has 0 bridgehead atoms. The molecule has 0 amide bonds. The number of hydrogen-bond donors (Lipinski definition) is 1. The standard InChI is InChI=1S/C13H19NO2S/c1-13(2,3)11-6-7-12-10(9-11)5-4-8-14-17(12,15)16/h6-7,9,14H,4-5,8H2,1-3H3. The molecule has 0 saturated carbocycles. The van der Waals surface area contributed by atoms with Gasteiger partial charge in [0, 0.05) is 6.54 Å². The first-order chi connectivity index (χ1) is 7.81. The van der Waals surface area contributed by atoms with E-state index in [1.54, 1.807) is 6.07 Å². The van der Waals surface area contributed by atoms with Gasteiger partial charge in [0.05, 0.1) is 4.90 Å². The Labute approximate surface area is 103 Å². The summed E-state index contributed by atoms with van der Waals surface area (Å²) in [7, 11) is -3.29. The van der Waals surface area contributed by atoms with Crippen molar-refractivity contribution in [2.75, 3.05) is 6.54 Å². The molecular formula is C13H19NO2S. The highest BCUT2D eigenvalue weighted by Crippen LogP contribution is 2.28. The molecule has 94 valence electrons. The lowest BCUT2D eigenvalue weighted by Gasteiger charge is -2.20. The predicted octanol–water partition coefficient (Wildman–Crippen LogP) is 2.21. The van der Waals surface area contributed by atoms with Crippen LogP contribution in [-0.2, 0) is 21.9 Å². The molecule has 4 heteroatoms. The molecule has 1 aromatic rings. The summed E-state index contributed by atoms with van der Waals surface area (Å²) in [6.07, 6.45) is 1.69. The minimum Gasteiger partial charge on any atom is -0.211 e. The van der Waals surface area contributed by atoms with Gasteiger partial charge in [0.25, 0.3) is 0 Å². The van der Waals surface area contributed by atoms with Gasteiger partial charge >= 0.3 is 0 Å². The minimum atomic E-state index is -3.29. The second-order valence-corrected chi connectivity index (χ2v) is 7.31. The molecule has 0 aromatic heterocycles. The van der Waals surface area contributed by atoms with Crippen molar-refractivity contribution in [1.29, 1.82) is 0 Å². The van der Waals surface area contributed by atoms with Crippen LogP contribution in [0.2, 0.25) is 0 Å². The Morgan fingerprint density at radius 2 is 1.94 bits per heavy atom. The van der Waals surface area contributed by atoms with Gasteiger partial charge in [-0.25, -0.2) is 13.1 Å². The Morgan fingerprint density at radius 3 is 2.59 bits per heavy atom. The van der Waals surface area contributed by atoms with Crippen molar-refractivity contribution in [3.8, 4) is 0 Å². The van der Waals surface area contributed by atoms with Crippen molar-refractivity contribution < 1.29 is 8.42 Å². The maximum absolute atomic E-state index is 11.9. The van der Waals surface area contributed by atoms with Gasteiger partial charge in [0.1, 0.15) is 0 Å². The van der Waals surface area contributed by atoms with Gasteiger partial charge in [-0.05, 0) is 35.4 Å². The molecule has 1 N–H and O–H groups in total. The van der Waals surface area contributed by atoms with Crippen LogP contribution in [0.5, 0.6) is 0 Å². The van der Waals surface area contributed by atoms with E-state index in [1.165, 1.54) is 5.56 Å². The van der Waals surface area contributed by atoms with E-state index >= 15 is 0 Å². The average Bonchev–Trinajstić information content (AvgIpc) is 2.36. The van der Waals surface area contributed by atoms with Crippen molar-refractivity contribution in [1.82, 2.24) is 4.72 Å². The van der Waals surface area contributed by atoms with E-state index in [9.17, 15) is 8.42 Å². The van der Waals surface area contributed by atoms with E-state index in [2.05, 4.69) is 25.5 Å². The van der Waals surface area contributed by atoms with Crippen LogP contribution in [-0.4, -0.2) is 15.0 Å². The van der Waals surface area contributed by atoms with Gasteiger partial charge in [-0.15, -0.1) is 0 Å². The van der Waals surface area contributed by atoms with Crippen LogP contribution >= 0.6 is 0 Å². The van der Waals surface area contributed by atoms with E-state index in [0.29, 0.717) is 11.4 Å². The van der Waals surface area contributed by atoms with Crippen LogP contribution in [0.15, 0.2) is 23.1 Å². The molecule has 0 saturated heterocycles. The van der Waals surface area contributed by atoms with Crippen LogP contribution in [0.3, 0.4) is 0 Å². The number of fused-ring (bicyclic) bond motifs is 1. The fourth-order valence-electron chi connectivity index (χ4n) is 2.07. The summed E-state index contributed by atoms with van der Waals surface area (Å²) in [4.78, 5) is 0.447. The molecule has 0 radical (unpaired) electrons. The van der Waals surface area contributed by atoms with Gasteiger partial charge in [-0.2, -0.15) is 0 Å². The Bertz CT molecular complexity index is 527. The van der Waals surface area contributed by atoms with Gasteiger partial charge in [0.15, 0.2) is 0 Å². The Balaban J connectivity index is 2.57. The van der Waals surface area contributed by atoms with Crippen LogP contribution in [0.1, 0.15) is 38.3 Å².